The Balaban J connectivity index is 1.99. The molecular formula is C16H17N3. The zero-order valence-electron chi connectivity index (χ0n) is 10.8. The summed E-state index contributed by atoms with van der Waals surface area (Å²) >= 11 is 0. The Hall–Kier alpha value is -2.13. The quantitative estimate of drug-likeness (QED) is 0.774. The van der Waals surface area contributed by atoms with E-state index in [-0.39, 0.29) is 0 Å². The summed E-state index contributed by atoms with van der Waals surface area (Å²) < 4.78 is 2.27. The van der Waals surface area contributed by atoms with E-state index in [0.717, 1.165) is 13.0 Å². The van der Waals surface area contributed by atoms with Crippen LogP contribution in [0.5, 0.6) is 0 Å². The maximum Gasteiger partial charge on any atom is 0.0486 e. The molecule has 3 nitrogen and oxygen atoms in total. The Morgan fingerprint density at radius 3 is 2.68 bits per heavy atom. The van der Waals surface area contributed by atoms with Gasteiger partial charge in [-0.05, 0) is 48.4 Å². The molecule has 0 aliphatic heterocycles. The van der Waals surface area contributed by atoms with Gasteiger partial charge in [0.05, 0.1) is 0 Å². The lowest BCUT2D eigenvalue weighted by atomic mass is 10.1. The molecule has 0 spiro atoms. The normalized spacial score (nSPS) is 11.0. The minimum atomic E-state index is 0.689. The van der Waals surface area contributed by atoms with E-state index in [1.54, 1.807) is 0 Å². The standard InChI is InChI=1S/C16H17N3/c17-8-4-14-2-1-3-16-15(14)7-11-19(16)12-13-5-9-18-10-6-13/h1-3,5-7,9-11H,4,8,12,17H2. The highest BCUT2D eigenvalue weighted by Gasteiger charge is 2.05. The summed E-state index contributed by atoms with van der Waals surface area (Å²) in [4.78, 5) is 4.05. The van der Waals surface area contributed by atoms with Gasteiger partial charge in [-0.3, -0.25) is 4.98 Å². The third kappa shape index (κ3) is 2.37. The van der Waals surface area contributed by atoms with Gasteiger partial charge in [0.1, 0.15) is 0 Å². The monoisotopic (exact) mass is 251 g/mol. The van der Waals surface area contributed by atoms with E-state index in [1.165, 1.54) is 22.0 Å². The van der Waals surface area contributed by atoms with Crippen molar-refractivity contribution in [3.8, 4) is 0 Å². The van der Waals surface area contributed by atoms with Crippen LogP contribution < -0.4 is 5.73 Å². The lowest BCUT2D eigenvalue weighted by Crippen LogP contribution is -2.03. The summed E-state index contributed by atoms with van der Waals surface area (Å²) in [5.41, 5.74) is 9.52. The minimum Gasteiger partial charge on any atom is -0.343 e. The predicted molar refractivity (Wildman–Crippen MR) is 78.0 cm³/mol. The molecule has 0 saturated carbocycles. The number of nitrogens with zero attached hydrogens (tertiary/aromatic N) is 2. The molecule has 3 heteroatoms. The third-order valence-electron chi connectivity index (χ3n) is 3.42. The largest absolute Gasteiger partial charge is 0.343 e. The van der Waals surface area contributed by atoms with E-state index in [4.69, 9.17) is 5.73 Å². The SMILES string of the molecule is NCCc1cccc2c1ccn2Cc1ccncc1. The molecule has 0 bridgehead atoms. The van der Waals surface area contributed by atoms with Crippen molar-refractivity contribution < 1.29 is 0 Å². The number of pyridine rings is 1. The highest BCUT2D eigenvalue weighted by molar-refractivity contribution is 5.83. The molecule has 0 fully saturated rings. The van der Waals surface area contributed by atoms with Crippen molar-refractivity contribution in [3.63, 3.8) is 0 Å². The summed E-state index contributed by atoms with van der Waals surface area (Å²) in [6.45, 7) is 1.56. The first-order chi connectivity index (χ1) is 9.38. The molecule has 0 aliphatic rings. The van der Waals surface area contributed by atoms with Gasteiger partial charge in [-0.2, -0.15) is 0 Å². The van der Waals surface area contributed by atoms with Crippen molar-refractivity contribution in [1.82, 2.24) is 9.55 Å². The van der Waals surface area contributed by atoms with Gasteiger partial charge in [0.2, 0.25) is 0 Å². The average molecular weight is 251 g/mol. The van der Waals surface area contributed by atoms with Crippen molar-refractivity contribution in [3.05, 3.63) is 66.1 Å². The van der Waals surface area contributed by atoms with Crippen LogP contribution >= 0.6 is 0 Å². The number of rotatable bonds is 4. The summed E-state index contributed by atoms with van der Waals surface area (Å²) in [5, 5.41) is 1.31. The van der Waals surface area contributed by atoms with Gasteiger partial charge in [-0.15, -0.1) is 0 Å². The minimum absolute atomic E-state index is 0.689. The van der Waals surface area contributed by atoms with Gasteiger partial charge in [0, 0.05) is 36.0 Å². The van der Waals surface area contributed by atoms with Crippen molar-refractivity contribution in [2.45, 2.75) is 13.0 Å². The second kappa shape index (κ2) is 5.24. The van der Waals surface area contributed by atoms with Gasteiger partial charge < -0.3 is 10.3 Å². The summed E-state index contributed by atoms with van der Waals surface area (Å²) in [7, 11) is 0. The molecule has 96 valence electrons. The number of nitrogens with two attached hydrogens (primary N) is 1. The van der Waals surface area contributed by atoms with E-state index in [2.05, 4.69) is 52.1 Å². The molecule has 0 radical (unpaired) electrons. The van der Waals surface area contributed by atoms with Crippen LogP contribution in [0.1, 0.15) is 11.1 Å². The molecule has 0 amide bonds. The molecule has 1 aromatic carbocycles. The molecule has 3 rings (SSSR count). The molecule has 0 atom stereocenters. The van der Waals surface area contributed by atoms with Crippen LogP contribution in [0.3, 0.4) is 0 Å². The maximum absolute atomic E-state index is 5.67. The smallest absolute Gasteiger partial charge is 0.0486 e. The Morgan fingerprint density at radius 2 is 1.89 bits per heavy atom. The first-order valence-electron chi connectivity index (χ1n) is 6.54. The summed E-state index contributed by atoms with van der Waals surface area (Å²) in [6.07, 6.45) is 6.74. The first kappa shape index (κ1) is 11.9. The Labute approximate surface area is 112 Å². The Morgan fingerprint density at radius 1 is 1.05 bits per heavy atom. The summed E-state index contributed by atoms with van der Waals surface area (Å²) in [5.74, 6) is 0. The van der Waals surface area contributed by atoms with E-state index in [0.29, 0.717) is 6.54 Å². The second-order valence-electron chi connectivity index (χ2n) is 4.69. The van der Waals surface area contributed by atoms with Crippen LogP contribution in [0.4, 0.5) is 0 Å². The van der Waals surface area contributed by atoms with Gasteiger partial charge >= 0.3 is 0 Å². The van der Waals surface area contributed by atoms with Crippen molar-refractivity contribution in [2.75, 3.05) is 6.54 Å². The van der Waals surface area contributed by atoms with Crippen LogP contribution in [-0.4, -0.2) is 16.1 Å². The lowest BCUT2D eigenvalue weighted by molar-refractivity contribution is 0.834. The van der Waals surface area contributed by atoms with Crippen LogP contribution in [0, 0.1) is 0 Å². The fraction of sp³-hybridized carbons (Fsp3) is 0.188. The molecule has 0 aliphatic carbocycles. The van der Waals surface area contributed by atoms with E-state index < -0.39 is 0 Å². The lowest BCUT2D eigenvalue weighted by Gasteiger charge is -2.07. The van der Waals surface area contributed by atoms with E-state index in [9.17, 15) is 0 Å². The average Bonchev–Trinajstić information content (AvgIpc) is 2.85. The van der Waals surface area contributed by atoms with Crippen molar-refractivity contribution in [1.29, 1.82) is 0 Å². The van der Waals surface area contributed by atoms with Crippen LogP contribution in [0.2, 0.25) is 0 Å². The molecule has 2 N–H and O–H groups in total. The van der Waals surface area contributed by atoms with Gasteiger partial charge in [0.25, 0.3) is 0 Å². The number of hydrogen-bond donors (Lipinski definition) is 1. The molecule has 3 aromatic rings. The Kier molecular flexibility index (Phi) is 3.29. The zero-order valence-corrected chi connectivity index (χ0v) is 10.8. The highest BCUT2D eigenvalue weighted by atomic mass is 14.9. The van der Waals surface area contributed by atoms with Crippen LogP contribution in [-0.2, 0) is 13.0 Å². The molecule has 0 unspecified atom stereocenters. The molecule has 2 aromatic heterocycles. The fourth-order valence-corrected chi connectivity index (χ4v) is 2.48. The summed E-state index contributed by atoms with van der Waals surface area (Å²) in [6, 6.07) is 12.7. The van der Waals surface area contributed by atoms with Crippen LogP contribution in [0.25, 0.3) is 10.9 Å². The fourth-order valence-electron chi connectivity index (χ4n) is 2.48. The number of aromatic nitrogens is 2. The van der Waals surface area contributed by atoms with Crippen molar-refractivity contribution in [2.24, 2.45) is 5.73 Å². The highest BCUT2D eigenvalue weighted by Crippen LogP contribution is 2.21. The third-order valence-corrected chi connectivity index (χ3v) is 3.42. The van der Waals surface area contributed by atoms with E-state index in [1.807, 2.05) is 12.4 Å². The van der Waals surface area contributed by atoms with Crippen molar-refractivity contribution >= 4 is 10.9 Å². The molecule has 19 heavy (non-hydrogen) atoms. The predicted octanol–water partition coefficient (Wildman–Crippen LogP) is 2.59. The number of hydrogen-bond acceptors (Lipinski definition) is 2. The molecule has 0 saturated heterocycles. The number of benzene rings is 1. The van der Waals surface area contributed by atoms with Gasteiger partial charge in [0.15, 0.2) is 0 Å². The molecule has 2 heterocycles. The second-order valence-corrected chi connectivity index (χ2v) is 4.69. The molecular weight excluding hydrogens is 234 g/mol. The topological polar surface area (TPSA) is 43.8 Å². The van der Waals surface area contributed by atoms with Gasteiger partial charge in [-0.1, -0.05) is 12.1 Å². The first-order valence-corrected chi connectivity index (χ1v) is 6.54. The zero-order chi connectivity index (χ0) is 13.1. The number of fused-ring (bicyclic) bond motifs is 1. The van der Waals surface area contributed by atoms with Crippen LogP contribution in [0.15, 0.2) is 55.0 Å². The van der Waals surface area contributed by atoms with Gasteiger partial charge in [-0.25, -0.2) is 0 Å². The maximum atomic E-state index is 5.67. The van der Waals surface area contributed by atoms with E-state index >= 15 is 0 Å². The Bertz CT molecular complexity index is 671.